The van der Waals surface area contributed by atoms with Crippen LogP contribution in [0.25, 0.3) is 0 Å². The Kier molecular flexibility index (Phi) is 6.11. The van der Waals surface area contributed by atoms with Crippen molar-refractivity contribution in [1.82, 2.24) is 4.90 Å². The van der Waals surface area contributed by atoms with Gasteiger partial charge in [0, 0.05) is 19.4 Å². The van der Waals surface area contributed by atoms with Crippen molar-refractivity contribution < 1.29 is 19.7 Å². The van der Waals surface area contributed by atoms with Crippen LogP contribution in [0.3, 0.4) is 0 Å². The van der Waals surface area contributed by atoms with E-state index in [9.17, 15) is 10.2 Å². The molecule has 134 valence electrons. The molecule has 0 bridgehead atoms. The van der Waals surface area contributed by atoms with Crippen molar-refractivity contribution >= 4 is 0 Å². The van der Waals surface area contributed by atoms with Crippen LogP contribution < -0.4 is 0 Å². The topological polar surface area (TPSA) is 62.2 Å². The Bertz CT molecular complexity index is 394. The Morgan fingerprint density at radius 2 is 1.91 bits per heavy atom. The summed E-state index contributed by atoms with van der Waals surface area (Å²) in [6.45, 7) is 10.2. The Morgan fingerprint density at radius 3 is 2.43 bits per heavy atom. The van der Waals surface area contributed by atoms with Crippen LogP contribution in [0.1, 0.15) is 53.4 Å². The fraction of sp³-hybridized carbons (Fsp3) is 0.889. The number of aliphatic hydroxyl groups excluding tert-OH is 1. The summed E-state index contributed by atoms with van der Waals surface area (Å²) in [4.78, 5) is 1.87. The summed E-state index contributed by atoms with van der Waals surface area (Å²) >= 11 is 0. The molecule has 0 aromatic rings. The van der Waals surface area contributed by atoms with E-state index in [-0.39, 0.29) is 12.6 Å². The lowest BCUT2D eigenvalue weighted by molar-refractivity contribution is -0.197. The largest absolute Gasteiger partial charge is 0.370 e. The predicted octanol–water partition coefficient (Wildman–Crippen LogP) is 2.48. The fourth-order valence-corrected chi connectivity index (χ4v) is 3.77. The molecule has 0 amide bonds. The minimum absolute atomic E-state index is 0.0175. The molecule has 1 saturated carbocycles. The molecule has 5 nitrogen and oxygen atoms in total. The van der Waals surface area contributed by atoms with Crippen molar-refractivity contribution in [2.24, 2.45) is 11.3 Å². The molecule has 23 heavy (non-hydrogen) atoms. The second kappa shape index (κ2) is 7.51. The van der Waals surface area contributed by atoms with E-state index in [1.165, 1.54) is 0 Å². The van der Waals surface area contributed by atoms with E-state index in [1.54, 1.807) is 0 Å². The number of rotatable bonds is 5. The highest BCUT2D eigenvalue weighted by atomic mass is 16.7. The molecule has 2 rings (SSSR count). The zero-order valence-corrected chi connectivity index (χ0v) is 15.0. The molecular formula is C18H33NO4. The molecular weight excluding hydrogens is 294 g/mol. The minimum atomic E-state index is -1.34. The number of aliphatic hydroxyl groups is 2. The lowest BCUT2D eigenvalue weighted by atomic mass is 9.71. The summed E-state index contributed by atoms with van der Waals surface area (Å²) in [5.41, 5.74) is 0.347. The second-order valence-electron chi connectivity index (χ2n) is 8.02. The zero-order chi connectivity index (χ0) is 17.1. The molecule has 1 aliphatic heterocycles. The summed E-state index contributed by atoms with van der Waals surface area (Å²) in [5.74, 6) is 0.315. The number of hydrogen-bond acceptors (Lipinski definition) is 5. The average Bonchev–Trinajstić information content (AvgIpc) is 2.80. The molecule has 0 aromatic carbocycles. The number of nitrogens with zero attached hydrogens (tertiary/aromatic N) is 1. The van der Waals surface area contributed by atoms with Gasteiger partial charge in [-0.25, -0.2) is 0 Å². The van der Waals surface area contributed by atoms with E-state index in [2.05, 4.69) is 20.8 Å². The third kappa shape index (κ3) is 5.18. The van der Waals surface area contributed by atoms with E-state index in [0.717, 1.165) is 31.6 Å². The highest BCUT2D eigenvalue weighted by molar-refractivity contribution is 4.90. The Balaban J connectivity index is 1.86. The van der Waals surface area contributed by atoms with Gasteiger partial charge in [0.25, 0.3) is 0 Å². The Hall–Kier alpha value is -0.620. The zero-order valence-electron chi connectivity index (χ0n) is 15.0. The quantitative estimate of drug-likeness (QED) is 0.760. The molecule has 1 atom stereocenters. The van der Waals surface area contributed by atoms with Gasteiger partial charge in [-0.2, -0.15) is 0 Å². The van der Waals surface area contributed by atoms with Gasteiger partial charge >= 0.3 is 0 Å². The predicted molar refractivity (Wildman–Crippen MR) is 89.6 cm³/mol. The van der Waals surface area contributed by atoms with Gasteiger partial charge < -0.3 is 24.6 Å². The van der Waals surface area contributed by atoms with Gasteiger partial charge in [0.2, 0.25) is 0 Å². The summed E-state index contributed by atoms with van der Waals surface area (Å²) in [7, 11) is 0. The number of ether oxygens (including phenoxy) is 2. The Labute approximate surface area is 140 Å². The molecule has 1 unspecified atom stereocenters. The molecule has 2 fully saturated rings. The lowest BCUT2D eigenvalue weighted by Crippen LogP contribution is -2.40. The van der Waals surface area contributed by atoms with Crippen molar-refractivity contribution in [2.45, 2.75) is 71.6 Å². The standard InChI is InChI=1S/C18H33NO4/c1-5-10-19(12-16(20)21)11-15-13-22-18(23-15)8-6-14(7-9-18)17(2,3)4/h5,10,14-16,20-21H,6-9,11-13H2,1-4H3/b10-5+. The van der Waals surface area contributed by atoms with Gasteiger partial charge in [-0.05, 0) is 37.3 Å². The van der Waals surface area contributed by atoms with Crippen molar-refractivity contribution in [3.8, 4) is 0 Å². The van der Waals surface area contributed by atoms with Crippen LogP contribution in [0.15, 0.2) is 12.3 Å². The van der Waals surface area contributed by atoms with Crippen LogP contribution in [0.4, 0.5) is 0 Å². The van der Waals surface area contributed by atoms with Gasteiger partial charge in [0.15, 0.2) is 12.1 Å². The maximum atomic E-state index is 9.18. The van der Waals surface area contributed by atoms with Crippen molar-refractivity contribution in [2.75, 3.05) is 19.7 Å². The summed E-state index contributed by atoms with van der Waals surface area (Å²) in [5, 5.41) is 18.4. The third-order valence-corrected chi connectivity index (χ3v) is 5.08. The number of hydrogen-bond donors (Lipinski definition) is 2. The normalized spacial score (nSPS) is 32.3. The monoisotopic (exact) mass is 327 g/mol. The molecule has 2 aliphatic rings. The van der Waals surface area contributed by atoms with Crippen LogP contribution in [-0.4, -0.2) is 53.0 Å². The number of allylic oxidation sites excluding steroid dienone is 1. The molecule has 2 N–H and O–H groups in total. The van der Waals surface area contributed by atoms with Crippen LogP contribution in [0, 0.1) is 11.3 Å². The van der Waals surface area contributed by atoms with E-state index < -0.39 is 12.1 Å². The van der Waals surface area contributed by atoms with Gasteiger partial charge in [0.05, 0.1) is 13.2 Å². The molecule has 1 spiro atoms. The Morgan fingerprint density at radius 1 is 1.26 bits per heavy atom. The smallest absolute Gasteiger partial charge is 0.169 e. The van der Waals surface area contributed by atoms with Gasteiger partial charge in [0.1, 0.15) is 6.10 Å². The highest BCUT2D eigenvalue weighted by Crippen LogP contribution is 2.45. The summed E-state index contributed by atoms with van der Waals surface area (Å²) < 4.78 is 12.3. The van der Waals surface area contributed by atoms with Gasteiger partial charge in [-0.15, -0.1) is 0 Å². The third-order valence-electron chi connectivity index (χ3n) is 5.08. The highest BCUT2D eigenvalue weighted by Gasteiger charge is 2.46. The van der Waals surface area contributed by atoms with Crippen LogP contribution in [0.5, 0.6) is 0 Å². The summed E-state index contributed by atoms with van der Waals surface area (Å²) in [6.07, 6.45) is 6.59. The second-order valence-corrected chi connectivity index (χ2v) is 8.02. The average molecular weight is 327 g/mol. The van der Waals surface area contributed by atoms with Crippen molar-refractivity contribution in [3.63, 3.8) is 0 Å². The molecule has 1 aliphatic carbocycles. The molecule has 0 aromatic heterocycles. The first-order valence-corrected chi connectivity index (χ1v) is 8.79. The SMILES string of the molecule is C/C=C/N(CC(O)O)CC1COC2(CCC(C(C)(C)C)CC2)O1. The maximum Gasteiger partial charge on any atom is 0.169 e. The van der Waals surface area contributed by atoms with E-state index in [1.807, 2.05) is 24.1 Å². The minimum Gasteiger partial charge on any atom is -0.370 e. The molecule has 0 radical (unpaired) electrons. The van der Waals surface area contributed by atoms with Crippen molar-refractivity contribution in [1.29, 1.82) is 0 Å². The van der Waals surface area contributed by atoms with Crippen molar-refractivity contribution in [3.05, 3.63) is 12.3 Å². The van der Waals surface area contributed by atoms with Crippen LogP contribution in [0.2, 0.25) is 0 Å². The lowest BCUT2D eigenvalue weighted by Gasteiger charge is -2.41. The molecule has 1 saturated heterocycles. The van der Waals surface area contributed by atoms with E-state index in [0.29, 0.717) is 18.6 Å². The van der Waals surface area contributed by atoms with E-state index >= 15 is 0 Å². The van der Waals surface area contributed by atoms with Gasteiger partial charge in [-0.3, -0.25) is 0 Å². The first-order chi connectivity index (χ1) is 10.7. The first kappa shape index (κ1) is 18.7. The first-order valence-electron chi connectivity index (χ1n) is 8.79. The van der Waals surface area contributed by atoms with Crippen LogP contribution >= 0.6 is 0 Å². The van der Waals surface area contributed by atoms with E-state index in [4.69, 9.17) is 9.47 Å². The summed E-state index contributed by atoms with van der Waals surface area (Å²) in [6, 6.07) is 0. The van der Waals surface area contributed by atoms with Crippen LogP contribution in [-0.2, 0) is 9.47 Å². The molecule has 1 heterocycles. The molecule has 5 heteroatoms. The maximum absolute atomic E-state index is 9.18. The van der Waals surface area contributed by atoms with Gasteiger partial charge in [-0.1, -0.05) is 26.8 Å². The fourth-order valence-electron chi connectivity index (χ4n) is 3.77.